The van der Waals surface area contributed by atoms with Gasteiger partial charge >= 0.3 is 0 Å². The van der Waals surface area contributed by atoms with Crippen LogP contribution in [0.4, 0.5) is 0 Å². The molecule has 2 rings (SSSR count). The minimum atomic E-state index is 0.491. The number of aromatic nitrogens is 3. The first-order chi connectivity index (χ1) is 7.74. The van der Waals surface area contributed by atoms with E-state index < -0.39 is 0 Å². The minimum absolute atomic E-state index is 0.491. The molecule has 0 radical (unpaired) electrons. The number of aryl methyl sites for hydroxylation is 2. The predicted molar refractivity (Wildman–Crippen MR) is 65.6 cm³/mol. The minimum Gasteiger partial charge on any atom is -0.340 e. The molecule has 4 heteroatoms. The van der Waals surface area contributed by atoms with E-state index in [1.807, 2.05) is 12.1 Å². The van der Waals surface area contributed by atoms with Crippen LogP contribution in [0.2, 0.25) is 5.15 Å². The summed E-state index contributed by atoms with van der Waals surface area (Å²) < 4.78 is 0. The molecule has 0 aliphatic heterocycles. The molecule has 16 heavy (non-hydrogen) atoms. The first-order valence-corrected chi connectivity index (χ1v) is 5.83. The van der Waals surface area contributed by atoms with Crippen molar-refractivity contribution in [1.29, 1.82) is 0 Å². The van der Waals surface area contributed by atoms with Crippen molar-refractivity contribution in [2.75, 3.05) is 0 Å². The van der Waals surface area contributed by atoms with Gasteiger partial charge in [0.1, 0.15) is 10.8 Å². The summed E-state index contributed by atoms with van der Waals surface area (Å²) in [5.74, 6) is 0.802. The van der Waals surface area contributed by atoms with Crippen LogP contribution in [-0.4, -0.2) is 15.0 Å². The van der Waals surface area contributed by atoms with Gasteiger partial charge in [0.15, 0.2) is 5.82 Å². The molecule has 0 saturated carbocycles. The van der Waals surface area contributed by atoms with E-state index in [0.29, 0.717) is 5.15 Å². The highest BCUT2D eigenvalue weighted by Crippen LogP contribution is 2.18. The van der Waals surface area contributed by atoms with E-state index in [1.165, 1.54) is 5.69 Å². The average Bonchev–Trinajstić information content (AvgIpc) is 2.72. The quantitative estimate of drug-likeness (QED) is 0.830. The molecule has 3 nitrogen and oxygen atoms in total. The van der Waals surface area contributed by atoms with Crippen LogP contribution in [0.15, 0.2) is 18.2 Å². The zero-order chi connectivity index (χ0) is 11.5. The molecular weight excluding hydrogens is 222 g/mol. The van der Waals surface area contributed by atoms with Crippen molar-refractivity contribution in [3.63, 3.8) is 0 Å². The largest absolute Gasteiger partial charge is 0.340 e. The molecule has 0 unspecified atom stereocenters. The summed E-state index contributed by atoms with van der Waals surface area (Å²) in [4.78, 5) is 12.1. The number of halogens is 1. The van der Waals surface area contributed by atoms with Crippen molar-refractivity contribution >= 4 is 11.6 Å². The Bertz CT molecular complexity index is 469. The third-order valence-electron chi connectivity index (χ3n) is 2.51. The zero-order valence-electron chi connectivity index (χ0n) is 9.42. The molecule has 0 atom stereocenters. The maximum Gasteiger partial charge on any atom is 0.156 e. The first kappa shape index (κ1) is 11.1. The predicted octanol–water partition coefficient (Wildman–Crippen LogP) is 3.25. The number of H-pyrrole nitrogens is 1. The molecule has 0 aliphatic rings. The second kappa shape index (κ2) is 4.66. The van der Waals surface area contributed by atoms with Crippen LogP contribution in [0, 0.1) is 0 Å². The van der Waals surface area contributed by atoms with Gasteiger partial charge in [0.2, 0.25) is 0 Å². The fraction of sp³-hybridized carbons (Fsp3) is 0.333. The van der Waals surface area contributed by atoms with Crippen LogP contribution in [0.5, 0.6) is 0 Å². The van der Waals surface area contributed by atoms with Gasteiger partial charge in [-0.2, -0.15) is 0 Å². The van der Waals surface area contributed by atoms with Crippen LogP contribution < -0.4 is 0 Å². The van der Waals surface area contributed by atoms with E-state index >= 15 is 0 Å². The Morgan fingerprint density at radius 2 is 2.00 bits per heavy atom. The first-order valence-electron chi connectivity index (χ1n) is 5.45. The molecule has 0 spiro atoms. The molecule has 0 aromatic carbocycles. The Morgan fingerprint density at radius 3 is 2.56 bits per heavy atom. The Balaban J connectivity index is 2.44. The van der Waals surface area contributed by atoms with Crippen LogP contribution in [0.25, 0.3) is 11.5 Å². The molecule has 2 aromatic heterocycles. The van der Waals surface area contributed by atoms with Crippen molar-refractivity contribution in [3.8, 4) is 11.5 Å². The fourth-order valence-electron chi connectivity index (χ4n) is 1.69. The Hall–Kier alpha value is -1.35. The molecule has 0 bridgehead atoms. The SMILES string of the molecule is CCc1nc(-c2cccc(Cl)n2)[nH]c1CC. The average molecular weight is 236 g/mol. The van der Waals surface area contributed by atoms with Gasteiger partial charge in [-0.05, 0) is 25.0 Å². The maximum absolute atomic E-state index is 5.86. The number of hydrogen-bond donors (Lipinski definition) is 1. The van der Waals surface area contributed by atoms with Crippen LogP contribution in [0.1, 0.15) is 25.2 Å². The van der Waals surface area contributed by atoms with Crippen LogP contribution in [0.3, 0.4) is 0 Å². The normalized spacial score (nSPS) is 10.7. The standard InChI is InChI=1S/C12H14ClN3/c1-3-8-9(4-2)16-12(15-8)10-6-5-7-11(13)14-10/h5-7H,3-4H2,1-2H3,(H,15,16). The second-order valence-corrected chi connectivity index (χ2v) is 3.95. The fourth-order valence-corrected chi connectivity index (χ4v) is 1.86. The zero-order valence-corrected chi connectivity index (χ0v) is 10.2. The Labute approximate surface area is 99.9 Å². The monoisotopic (exact) mass is 235 g/mol. The maximum atomic E-state index is 5.86. The summed E-state index contributed by atoms with van der Waals surface area (Å²) in [7, 11) is 0. The van der Waals surface area contributed by atoms with Gasteiger partial charge in [-0.25, -0.2) is 9.97 Å². The lowest BCUT2D eigenvalue weighted by Crippen LogP contribution is -1.87. The number of nitrogens with one attached hydrogen (secondary N) is 1. The van der Waals surface area contributed by atoms with E-state index in [1.54, 1.807) is 6.07 Å². The molecule has 2 aromatic rings. The Kier molecular flexibility index (Phi) is 3.25. The lowest BCUT2D eigenvalue weighted by Gasteiger charge is -1.95. The molecule has 2 heterocycles. The van der Waals surface area contributed by atoms with E-state index in [-0.39, 0.29) is 0 Å². The van der Waals surface area contributed by atoms with Gasteiger partial charge in [-0.1, -0.05) is 31.5 Å². The van der Waals surface area contributed by atoms with E-state index in [9.17, 15) is 0 Å². The lowest BCUT2D eigenvalue weighted by molar-refractivity contribution is 0.979. The number of imidazole rings is 1. The van der Waals surface area contributed by atoms with Gasteiger partial charge in [0.25, 0.3) is 0 Å². The number of aromatic amines is 1. The van der Waals surface area contributed by atoms with Gasteiger partial charge < -0.3 is 4.98 Å². The van der Waals surface area contributed by atoms with E-state index in [4.69, 9.17) is 11.6 Å². The number of nitrogens with zero attached hydrogens (tertiary/aromatic N) is 2. The number of rotatable bonds is 3. The summed E-state index contributed by atoms with van der Waals surface area (Å²) in [5.41, 5.74) is 3.08. The molecule has 0 fully saturated rings. The smallest absolute Gasteiger partial charge is 0.156 e. The van der Waals surface area contributed by atoms with Crippen molar-refractivity contribution in [2.45, 2.75) is 26.7 Å². The van der Waals surface area contributed by atoms with Gasteiger partial charge in [0.05, 0.1) is 5.69 Å². The van der Waals surface area contributed by atoms with E-state index in [2.05, 4.69) is 28.8 Å². The number of pyridine rings is 1. The van der Waals surface area contributed by atoms with Gasteiger partial charge in [0, 0.05) is 5.69 Å². The topological polar surface area (TPSA) is 41.6 Å². The third-order valence-corrected chi connectivity index (χ3v) is 2.72. The summed E-state index contributed by atoms with van der Waals surface area (Å²) in [5, 5.41) is 0.491. The highest BCUT2D eigenvalue weighted by Gasteiger charge is 2.09. The van der Waals surface area contributed by atoms with E-state index in [0.717, 1.165) is 30.1 Å². The lowest BCUT2D eigenvalue weighted by atomic mass is 10.2. The summed E-state index contributed by atoms with van der Waals surface area (Å²) in [6.07, 6.45) is 1.89. The summed E-state index contributed by atoms with van der Waals surface area (Å²) >= 11 is 5.86. The molecule has 84 valence electrons. The highest BCUT2D eigenvalue weighted by molar-refractivity contribution is 6.29. The number of hydrogen-bond acceptors (Lipinski definition) is 2. The van der Waals surface area contributed by atoms with Crippen molar-refractivity contribution in [3.05, 3.63) is 34.7 Å². The second-order valence-electron chi connectivity index (χ2n) is 3.56. The van der Waals surface area contributed by atoms with Gasteiger partial charge in [-0.3, -0.25) is 0 Å². The molecular formula is C12H14ClN3. The highest BCUT2D eigenvalue weighted by atomic mass is 35.5. The summed E-state index contributed by atoms with van der Waals surface area (Å²) in [6, 6.07) is 5.55. The van der Waals surface area contributed by atoms with Crippen molar-refractivity contribution in [2.24, 2.45) is 0 Å². The molecule has 1 N–H and O–H groups in total. The molecule has 0 amide bonds. The van der Waals surface area contributed by atoms with Crippen molar-refractivity contribution in [1.82, 2.24) is 15.0 Å². The molecule has 0 aliphatic carbocycles. The van der Waals surface area contributed by atoms with Crippen LogP contribution >= 0.6 is 11.6 Å². The third kappa shape index (κ3) is 2.09. The molecule has 0 saturated heterocycles. The van der Waals surface area contributed by atoms with Crippen molar-refractivity contribution < 1.29 is 0 Å². The Morgan fingerprint density at radius 1 is 1.19 bits per heavy atom. The van der Waals surface area contributed by atoms with Gasteiger partial charge in [-0.15, -0.1) is 0 Å². The summed E-state index contributed by atoms with van der Waals surface area (Å²) in [6.45, 7) is 4.21. The van der Waals surface area contributed by atoms with Crippen LogP contribution in [-0.2, 0) is 12.8 Å².